The summed E-state index contributed by atoms with van der Waals surface area (Å²) >= 11 is 10.9. The molecule has 0 fully saturated rings. The van der Waals surface area contributed by atoms with Crippen molar-refractivity contribution in [2.75, 3.05) is 0 Å². The van der Waals surface area contributed by atoms with Gasteiger partial charge < -0.3 is 0 Å². The Kier molecular flexibility index (Phi) is 3.23. The van der Waals surface area contributed by atoms with Gasteiger partial charge >= 0.3 is 0 Å². The van der Waals surface area contributed by atoms with E-state index in [1.54, 1.807) is 0 Å². The SMILES string of the molecule is O=[N+]([O-])c1c(C(F)F)ccc(Cl)c1Cl. The van der Waals surface area contributed by atoms with E-state index in [-0.39, 0.29) is 5.02 Å². The lowest BCUT2D eigenvalue weighted by Crippen LogP contribution is -1.97. The topological polar surface area (TPSA) is 43.1 Å². The van der Waals surface area contributed by atoms with Gasteiger partial charge in [-0.2, -0.15) is 0 Å². The van der Waals surface area contributed by atoms with Gasteiger partial charge in [0, 0.05) is 0 Å². The normalized spacial score (nSPS) is 10.6. The second-order valence-electron chi connectivity index (χ2n) is 2.36. The summed E-state index contributed by atoms with van der Waals surface area (Å²) in [7, 11) is 0. The maximum Gasteiger partial charge on any atom is 0.298 e. The van der Waals surface area contributed by atoms with Crippen molar-refractivity contribution in [3.8, 4) is 0 Å². The number of nitro benzene ring substituents is 1. The Morgan fingerprint density at radius 1 is 1.36 bits per heavy atom. The van der Waals surface area contributed by atoms with Crippen molar-refractivity contribution in [2.24, 2.45) is 0 Å². The Balaban J connectivity index is 3.45. The fourth-order valence-electron chi connectivity index (χ4n) is 0.917. The predicted molar refractivity (Wildman–Crippen MR) is 48.1 cm³/mol. The molecule has 0 heterocycles. The molecular weight excluding hydrogens is 239 g/mol. The average Bonchev–Trinajstić information content (AvgIpc) is 2.08. The van der Waals surface area contributed by atoms with E-state index >= 15 is 0 Å². The van der Waals surface area contributed by atoms with E-state index in [0.29, 0.717) is 0 Å². The van der Waals surface area contributed by atoms with E-state index in [2.05, 4.69) is 0 Å². The van der Waals surface area contributed by atoms with Crippen molar-refractivity contribution in [3.05, 3.63) is 37.9 Å². The number of nitrogens with zero attached hydrogens (tertiary/aromatic N) is 1. The van der Waals surface area contributed by atoms with Crippen LogP contribution in [0.1, 0.15) is 12.0 Å². The molecule has 0 atom stereocenters. The molecule has 0 unspecified atom stereocenters. The van der Waals surface area contributed by atoms with Gasteiger partial charge in [-0.05, 0) is 12.1 Å². The molecule has 3 nitrogen and oxygen atoms in total. The van der Waals surface area contributed by atoms with E-state index in [4.69, 9.17) is 23.2 Å². The first-order valence-electron chi connectivity index (χ1n) is 3.35. The molecule has 76 valence electrons. The minimum atomic E-state index is -2.95. The van der Waals surface area contributed by atoms with Gasteiger partial charge in [0.15, 0.2) is 0 Å². The summed E-state index contributed by atoms with van der Waals surface area (Å²) in [6, 6.07) is 1.98. The first kappa shape index (κ1) is 11.1. The Labute approximate surface area is 87.4 Å². The van der Waals surface area contributed by atoms with Crippen LogP contribution in [0.3, 0.4) is 0 Å². The molecule has 1 aromatic rings. The molecule has 0 aliphatic rings. The third kappa shape index (κ3) is 1.93. The molecule has 0 saturated heterocycles. The van der Waals surface area contributed by atoms with Gasteiger partial charge in [-0.15, -0.1) is 0 Å². The summed E-state index contributed by atoms with van der Waals surface area (Å²) in [5.41, 5.74) is -1.57. The van der Waals surface area contributed by atoms with Crippen LogP contribution >= 0.6 is 23.2 Å². The van der Waals surface area contributed by atoms with E-state index in [1.807, 2.05) is 0 Å². The van der Waals surface area contributed by atoms with Crippen molar-refractivity contribution in [3.63, 3.8) is 0 Å². The molecule has 0 spiro atoms. The van der Waals surface area contributed by atoms with E-state index in [0.717, 1.165) is 12.1 Å². The van der Waals surface area contributed by atoms with Crippen LogP contribution in [0.4, 0.5) is 14.5 Å². The van der Waals surface area contributed by atoms with Gasteiger partial charge in [0.25, 0.3) is 12.1 Å². The molecule has 0 N–H and O–H groups in total. The minimum absolute atomic E-state index is 0.122. The number of benzene rings is 1. The molecule has 0 aliphatic carbocycles. The van der Waals surface area contributed by atoms with Gasteiger partial charge in [-0.3, -0.25) is 10.1 Å². The number of alkyl halides is 2. The molecule has 1 aromatic carbocycles. The third-order valence-corrected chi connectivity index (χ3v) is 2.31. The molecule has 14 heavy (non-hydrogen) atoms. The summed E-state index contributed by atoms with van der Waals surface area (Å²) in [4.78, 5) is 9.45. The second-order valence-corrected chi connectivity index (χ2v) is 3.14. The lowest BCUT2D eigenvalue weighted by molar-refractivity contribution is -0.386. The Hall–Kier alpha value is -0.940. The minimum Gasteiger partial charge on any atom is -0.258 e. The van der Waals surface area contributed by atoms with Crippen molar-refractivity contribution in [2.45, 2.75) is 6.43 Å². The number of hydrogen-bond acceptors (Lipinski definition) is 2. The third-order valence-electron chi connectivity index (χ3n) is 1.52. The summed E-state index contributed by atoms with van der Waals surface area (Å²) in [6.45, 7) is 0. The molecule has 0 bridgehead atoms. The standard InChI is InChI=1S/C7H3Cl2F2NO2/c8-4-2-1-3(7(10)11)6(5(4)9)12(13)14/h1-2,7H. The molecule has 0 aromatic heterocycles. The van der Waals surface area contributed by atoms with Crippen LogP contribution in [-0.2, 0) is 0 Å². The lowest BCUT2D eigenvalue weighted by atomic mass is 10.2. The van der Waals surface area contributed by atoms with Gasteiger partial charge in [0.1, 0.15) is 5.02 Å². The number of rotatable bonds is 2. The number of halogens is 4. The van der Waals surface area contributed by atoms with Gasteiger partial charge in [0.2, 0.25) is 0 Å². The summed E-state index contributed by atoms with van der Waals surface area (Å²) < 4.78 is 24.6. The quantitative estimate of drug-likeness (QED) is 0.584. The summed E-state index contributed by atoms with van der Waals surface area (Å²) in [6.07, 6.45) is -2.95. The van der Waals surface area contributed by atoms with Crippen LogP contribution in [0.2, 0.25) is 10.0 Å². The zero-order valence-electron chi connectivity index (χ0n) is 6.51. The molecule has 0 saturated carbocycles. The summed E-state index contributed by atoms with van der Waals surface area (Å²) in [5.74, 6) is 0. The Bertz CT molecular complexity index is 384. The molecular formula is C7H3Cl2F2NO2. The maximum absolute atomic E-state index is 12.3. The maximum atomic E-state index is 12.3. The van der Waals surface area contributed by atoms with Crippen LogP contribution in [0, 0.1) is 10.1 Å². The molecule has 1 rings (SSSR count). The number of nitro groups is 1. The smallest absolute Gasteiger partial charge is 0.258 e. The first-order chi connectivity index (χ1) is 6.45. The number of hydrogen-bond donors (Lipinski definition) is 0. The lowest BCUT2D eigenvalue weighted by Gasteiger charge is -2.03. The average molecular weight is 242 g/mol. The fraction of sp³-hybridized carbons (Fsp3) is 0.143. The fourth-order valence-corrected chi connectivity index (χ4v) is 1.31. The zero-order chi connectivity index (χ0) is 10.9. The molecule has 0 amide bonds. The van der Waals surface area contributed by atoms with Crippen molar-refractivity contribution in [1.29, 1.82) is 0 Å². The van der Waals surface area contributed by atoms with Gasteiger partial charge in [0.05, 0.1) is 15.5 Å². The van der Waals surface area contributed by atoms with Crippen LogP contribution in [0.5, 0.6) is 0 Å². The van der Waals surface area contributed by atoms with E-state index < -0.39 is 27.6 Å². The van der Waals surface area contributed by atoms with Crippen LogP contribution in [-0.4, -0.2) is 4.92 Å². The van der Waals surface area contributed by atoms with Gasteiger partial charge in [-0.25, -0.2) is 8.78 Å². The highest BCUT2D eigenvalue weighted by molar-refractivity contribution is 6.43. The highest BCUT2D eigenvalue weighted by Gasteiger charge is 2.26. The van der Waals surface area contributed by atoms with E-state index in [1.165, 1.54) is 0 Å². The highest BCUT2D eigenvalue weighted by Crippen LogP contribution is 2.38. The molecule has 7 heteroatoms. The largest absolute Gasteiger partial charge is 0.298 e. The first-order valence-corrected chi connectivity index (χ1v) is 4.11. The van der Waals surface area contributed by atoms with Gasteiger partial charge in [-0.1, -0.05) is 23.2 Å². The van der Waals surface area contributed by atoms with Crippen molar-refractivity contribution in [1.82, 2.24) is 0 Å². The van der Waals surface area contributed by atoms with Crippen LogP contribution < -0.4 is 0 Å². The monoisotopic (exact) mass is 241 g/mol. The van der Waals surface area contributed by atoms with E-state index in [9.17, 15) is 18.9 Å². The van der Waals surface area contributed by atoms with Crippen LogP contribution in [0.15, 0.2) is 12.1 Å². The summed E-state index contributed by atoms with van der Waals surface area (Å²) in [5, 5.41) is 9.84. The predicted octanol–water partition coefficient (Wildman–Crippen LogP) is 3.84. The Morgan fingerprint density at radius 2 is 1.93 bits per heavy atom. The Morgan fingerprint density at radius 3 is 2.36 bits per heavy atom. The highest BCUT2D eigenvalue weighted by atomic mass is 35.5. The van der Waals surface area contributed by atoms with Crippen molar-refractivity contribution < 1.29 is 13.7 Å². The second kappa shape index (κ2) is 4.06. The zero-order valence-corrected chi connectivity index (χ0v) is 8.02. The van der Waals surface area contributed by atoms with Crippen molar-refractivity contribution >= 4 is 28.9 Å². The van der Waals surface area contributed by atoms with Crippen LogP contribution in [0.25, 0.3) is 0 Å². The molecule has 0 radical (unpaired) electrons. The molecule has 0 aliphatic heterocycles.